The van der Waals surface area contributed by atoms with Crippen LogP contribution in [0.1, 0.15) is 50.6 Å². The second-order valence-corrected chi connectivity index (χ2v) is 11.6. The van der Waals surface area contributed by atoms with Crippen LogP contribution in [0.4, 0.5) is 10.6 Å². The molecule has 0 spiro atoms. The normalized spacial score (nSPS) is 24.7. The number of rotatable bonds is 8. The van der Waals surface area contributed by atoms with E-state index in [0.29, 0.717) is 53.2 Å². The molecule has 14 heteroatoms. The van der Waals surface area contributed by atoms with Crippen molar-refractivity contribution in [2.24, 2.45) is 5.92 Å². The number of imidazole rings is 1. The monoisotopic (exact) mass is 599 g/mol. The van der Waals surface area contributed by atoms with Gasteiger partial charge in [0.25, 0.3) is 5.91 Å². The zero-order valence-corrected chi connectivity index (χ0v) is 23.7. The summed E-state index contributed by atoms with van der Waals surface area (Å²) in [4.78, 5) is 40.1. The predicted molar refractivity (Wildman–Crippen MR) is 152 cm³/mol. The summed E-state index contributed by atoms with van der Waals surface area (Å²) in [5, 5.41) is 24.6. The fourth-order valence-corrected chi connectivity index (χ4v) is 5.65. The van der Waals surface area contributed by atoms with E-state index in [2.05, 4.69) is 20.3 Å². The molecule has 224 valence electrons. The number of nitrogen functional groups attached to an aromatic ring is 1. The molecule has 0 bridgehead atoms. The van der Waals surface area contributed by atoms with E-state index in [4.69, 9.17) is 26.8 Å². The fraction of sp³-hybridized carbons (Fsp3) is 0.536. The Kier molecular flexibility index (Phi) is 8.17. The summed E-state index contributed by atoms with van der Waals surface area (Å²) in [6.45, 7) is 1.25. The van der Waals surface area contributed by atoms with Gasteiger partial charge in [0.05, 0.1) is 6.33 Å². The van der Waals surface area contributed by atoms with Crippen LogP contribution in [0, 0.1) is 5.92 Å². The van der Waals surface area contributed by atoms with E-state index < -0.39 is 30.4 Å². The largest absolute Gasteiger partial charge is 0.415 e. The number of aryl methyl sites for hydroxylation is 1. The zero-order chi connectivity index (χ0) is 29.4. The fourth-order valence-electron chi connectivity index (χ4n) is 5.52. The maximum Gasteiger partial charge on any atom is 0.415 e. The predicted octanol–water partition coefficient (Wildman–Crippen LogP) is 2.19. The lowest BCUT2D eigenvalue weighted by Crippen LogP contribution is -2.43. The van der Waals surface area contributed by atoms with Crippen LogP contribution >= 0.6 is 11.6 Å². The molecule has 4 heterocycles. The van der Waals surface area contributed by atoms with Gasteiger partial charge in [0.2, 0.25) is 0 Å². The van der Waals surface area contributed by atoms with Crippen molar-refractivity contribution < 1.29 is 29.3 Å². The Hall–Kier alpha value is -3.52. The van der Waals surface area contributed by atoms with Crippen molar-refractivity contribution in [3.8, 4) is 5.75 Å². The third-order valence-electron chi connectivity index (χ3n) is 8.09. The molecule has 2 amide bonds. The number of aromatic nitrogens is 4. The van der Waals surface area contributed by atoms with E-state index in [1.807, 2.05) is 0 Å². The van der Waals surface area contributed by atoms with Crippen LogP contribution in [0.3, 0.4) is 0 Å². The number of carbonyl (C=O) groups excluding carboxylic acids is 2. The zero-order valence-electron chi connectivity index (χ0n) is 22.9. The lowest BCUT2D eigenvalue weighted by Gasteiger charge is -2.31. The van der Waals surface area contributed by atoms with E-state index in [1.165, 1.54) is 10.9 Å². The number of hydrogen-bond acceptors (Lipinski definition) is 10. The molecule has 2 aliphatic heterocycles. The molecule has 2 saturated heterocycles. The Morgan fingerprint density at radius 2 is 1.83 bits per heavy atom. The Morgan fingerprint density at radius 3 is 2.55 bits per heavy atom. The summed E-state index contributed by atoms with van der Waals surface area (Å²) < 4.78 is 12.7. The molecule has 1 saturated carbocycles. The number of piperidine rings is 1. The number of likely N-dealkylation sites (tertiary alicyclic amines) is 1. The van der Waals surface area contributed by atoms with Crippen LogP contribution < -0.4 is 15.8 Å². The molecule has 3 fully saturated rings. The number of anilines is 1. The number of halogens is 1. The minimum atomic E-state index is -1.39. The van der Waals surface area contributed by atoms with Crippen LogP contribution in [0.5, 0.6) is 5.75 Å². The highest BCUT2D eigenvalue weighted by atomic mass is 35.5. The van der Waals surface area contributed by atoms with Gasteiger partial charge in [0.1, 0.15) is 29.3 Å². The van der Waals surface area contributed by atoms with Gasteiger partial charge in [-0.05, 0) is 68.7 Å². The standard InChI is InChI=1S/C28H34ClN7O6/c29-16-4-8-18(9-5-16)41-28(40)35-12-10-15(11-13-35)2-1-3-19-33-24(30)20-25(34-19)36(14-31-20)27-22(38)21(37)23(42-27)26(39)32-17-6-7-17/h4-5,8-9,14-15,17,21-23,27,37-38H,1-3,6-7,10-13H2,(H,32,39)(H2,30,33,34)/t21-,22+,23-,27+/m0/s1. The van der Waals surface area contributed by atoms with Crippen LogP contribution in [0.25, 0.3) is 11.2 Å². The molecule has 3 aliphatic rings. The van der Waals surface area contributed by atoms with E-state index in [9.17, 15) is 19.8 Å². The van der Waals surface area contributed by atoms with E-state index in [1.54, 1.807) is 29.2 Å². The highest BCUT2D eigenvalue weighted by molar-refractivity contribution is 6.30. The molecule has 5 N–H and O–H groups in total. The van der Waals surface area contributed by atoms with E-state index in [0.717, 1.165) is 38.5 Å². The molecule has 0 radical (unpaired) electrons. The van der Waals surface area contributed by atoms with E-state index in [-0.39, 0.29) is 18.0 Å². The van der Waals surface area contributed by atoms with E-state index >= 15 is 0 Å². The summed E-state index contributed by atoms with van der Waals surface area (Å²) in [6, 6.07) is 6.80. The molecule has 3 aromatic rings. The molecule has 1 aliphatic carbocycles. The number of fused-ring (bicyclic) bond motifs is 1. The number of benzene rings is 1. The van der Waals surface area contributed by atoms with Crippen molar-refractivity contribution in [1.82, 2.24) is 29.7 Å². The number of aliphatic hydroxyl groups excluding tert-OH is 2. The number of ether oxygens (including phenoxy) is 2. The summed E-state index contributed by atoms with van der Waals surface area (Å²) >= 11 is 5.89. The highest BCUT2D eigenvalue weighted by Gasteiger charge is 2.48. The molecular formula is C28H34ClN7O6. The second kappa shape index (κ2) is 12.0. The molecular weight excluding hydrogens is 566 g/mol. The van der Waals surface area contributed by atoms with Gasteiger partial charge >= 0.3 is 6.09 Å². The van der Waals surface area contributed by atoms with Gasteiger partial charge in [-0.2, -0.15) is 0 Å². The lowest BCUT2D eigenvalue weighted by atomic mass is 9.91. The molecule has 4 atom stereocenters. The van der Waals surface area contributed by atoms with Gasteiger partial charge in [0.15, 0.2) is 23.8 Å². The third kappa shape index (κ3) is 6.14. The number of nitrogens with zero attached hydrogens (tertiary/aromatic N) is 5. The first-order valence-electron chi connectivity index (χ1n) is 14.3. The highest BCUT2D eigenvalue weighted by Crippen LogP contribution is 2.33. The average molecular weight is 600 g/mol. The van der Waals surface area contributed by atoms with Gasteiger partial charge in [-0.25, -0.2) is 19.7 Å². The Bertz CT molecular complexity index is 1440. The maximum atomic E-state index is 12.5. The van der Waals surface area contributed by atoms with Crippen LogP contribution in [-0.2, 0) is 16.0 Å². The van der Waals surface area contributed by atoms with Crippen molar-refractivity contribution in [2.45, 2.75) is 75.5 Å². The summed E-state index contributed by atoms with van der Waals surface area (Å²) in [5.74, 6) is 1.21. The minimum Gasteiger partial charge on any atom is -0.410 e. The number of nitrogens with two attached hydrogens (primary N) is 1. The summed E-state index contributed by atoms with van der Waals surface area (Å²) in [6.07, 6.45) is 1.93. The molecule has 2 aromatic heterocycles. The van der Waals surface area contributed by atoms with Gasteiger partial charge in [0, 0.05) is 30.6 Å². The number of amides is 2. The summed E-state index contributed by atoms with van der Waals surface area (Å²) in [7, 11) is 0. The SMILES string of the molecule is Nc1nc(CCCC2CCN(C(=O)Oc3ccc(Cl)cc3)CC2)nc2c1ncn2[C@@H]1O[C@H](C(=O)NC2CC2)[C@@H](O)[C@H]1O. The second-order valence-electron chi connectivity index (χ2n) is 11.2. The van der Waals surface area contributed by atoms with Crippen molar-refractivity contribution in [2.75, 3.05) is 18.8 Å². The van der Waals surface area contributed by atoms with Crippen LogP contribution in [0.15, 0.2) is 30.6 Å². The molecule has 1 aromatic carbocycles. The number of hydrogen-bond donors (Lipinski definition) is 4. The summed E-state index contributed by atoms with van der Waals surface area (Å²) in [5.41, 5.74) is 6.91. The van der Waals surface area contributed by atoms with Gasteiger partial charge < -0.3 is 35.6 Å². The number of nitrogens with one attached hydrogen (secondary N) is 1. The molecule has 0 unspecified atom stereocenters. The van der Waals surface area contributed by atoms with Crippen molar-refractivity contribution >= 4 is 40.6 Å². The Labute approximate surface area is 247 Å². The Balaban J connectivity index is 1.03. The molecule has 13 nitrogen and oxygen atoms in total. The molecule has 42 heavy (non-hydrogen) atoms. The number of aliphatic hydroxyl groups is 2. The quantitative estimate of drug-likeness (QED) is 0.300. The first-order valence-corrected chi connectivity index (χ1v) is 14.7. The van der Waals surface area contributed by atoms with Gasteiger partial charge in [-0.3, -0.25) is 9.36 Å². The average Bonchev–Trinajstić information content (AvgIpc) is 3.61. The van der Waals surface area contributed by atoms with Crippen LogP contribution in [-0.4, -0.2) is 84.1 Å². The first-order chi connectivity index (χ1) is 20.3. The molecule has 6 rings (SSSR count). The smallest absolute Gasteiger partial charge is 0.410 e. The van der Waals surface area contributed by atoms with Gasteiger partial charge in [-0.15, -0.1) is 0 Å². The minimum absolute atomic E-state index is 0.0952. The topological polar surface area (TPSA) is 178 Å². The lowest BCUT2D eigenvalue weighted by molar-refractivity contribution is -0.137. The van der Waals surface area contributed by atoms with Crippen molar-refractivity contribution in [3.05, 3.63) is 41.4 Å². The van der Waals surface area contributed by atoms with Gasteiger partial charge in [-0.1, -0.05) is 11.6 Å². The first kappa shape index (κ1) is 28.6. The van der Waals surface area contributed by atoms with Crippen molar-refractivity contribution in [1.29, 1.82) is 0 Å². The Morgan fingerprint density at radius 1 is 1.10 bits per heavy atom. The maximum absolute atomic E-state index is 12.5. The number of carbonyl (C=O) groups is 2. The van der Waals surface area contributed by atoms with Crippen LogP contribution in [0.2, 0.25) is 5.02 Å². The van der Waals surface area contributed by atoms with Crippen molar-refractivity contribution in [3.63, 3.8) is 0 Å². The third-order valence-corrected chi connectivity index (χ3v) is 8.35.